The van der Waals surface area contributed by atoms with Crippen LogP contribution in [-0.4, -0.2) is 63.2 Å². The fourth-order valence-corrected chi connectivity index (χ4v) is 4.93. The molecule has 0 N–H and O–H groups in total. The molecule has 1 saturated carbocycles. The fraction of sp³-hybridized carbons (Fsp3) is 0.586. The Morgan fingerprint density at radius 3 is 2.62 bits per heavy atom. The summed E-state index contributed by atoms with van der Waals surface area (Å²) >= 11 is 0. The molecule has 4 atom stereocenters. The highest BCUT2D eigenvalue weighted by atomic mass is 16.5. The van der Waals surface area contributed by atoms with Gasteiger partial charge in [0.1, 0.15) is 11.9 Å². The van der Waals surface area contributed by atoms with Crippen LogP contribution < -0.4 is 0 Å². The third-order valence-electron chi connectivity index (χ3n) is 6.83. The summed E-state index contributed by atoms with van der Waals surface area (Å²) in [7, 11) is 3.40. The van der Waals surface area contributed by atoms with E-state index in [0.29, 0.717) is 19.3 Å². The zero-order chi connectivity index (χ0) is 24.2. The molecular weight excluding hydrogens is 426 g/mol. The Bertz CT molecular complexity index is 804. The van der Waals surface area contributed by atoms with Crippen LogP contribution in [0, 0.1) is 0 Å². The first-order valence-corrected chi connectivity index (χ1v) is 12.8. The van der Waals surface area contributed by atoms with Crippen molar-refractivity contribution in [3.63, 3.8) is 0 Å². The molecule has 5 heteroatoms. The molecule has 0 aliphatic heterocycles. The maximum Gasteiger partial charge on any atom is 0.133 e. The molecule has 0 aromatic heterocycles. The van der Waals surface area contributed by atoms with Gasteiger partial charge in [-0.1, -0.05) is 62.2 Å². The van der Waals surface area contributed by atoms with Gasteiger partial charge in [0.25, 0.3) is 0 Å². The van der Waals surface area contributed by atoms with Crippen molar-refractivity contribution in [3.05, 3.63) is 71.5 Å². The molecule has 188 valence electrons. The van der Waals surface area contributed by atoms with E-state index in [1.54, 1.807) is 14.2 Å². The van der Waals surface area contributed by atoms with Crippen molar-refractivity contribution in [2.45, 2.75) is 76.9 Å². The molecule has 3 rings (SSSR count). The van der Waals surface area contributed by atoms with Gasteiger partial charge in [0.2, 0.25) is 0 Å². The van der Waals surface area contributed by atoms with Crippen LogP contribution in [0.1, 0.15) is 51.5 Å². The minimum absolute atomic E-state index is 0.133. The van der Waals surface area contributed by atoms with Crippen LogP contribution in [0.4, 0.5) is 0 Å². The highest BCUT2D eigenvalue weighted by molar-refractivity contribution is 5.32. The Balaban J connectivity index is 1.51. The van der Waals surface area contributed by atoms with E-state index in [9.17, 15) is 0 Å². The molecule has 0 spiro atoms. The third-order valence-corrected chi connectivity index (χ3v) is 6.83. The minimum atomic E-state index is -0.133. The Hall–Kier alpha value is -1.92. The van der Waals surface area contributed by atoms with Gasteiger partial charge in [0.05, 0.1) is 32.5 Å². The highest BCUT2D eigenvalue weighted by Gasteiger charge is 2.31. The second-order valence-electron chi connectivity index (χ2n) is 9.24. The smallest absolute Gasteiger partial charge is 0.133 e. The number of ether oxygens (including phenoxy) is 4. The van der Waals surface area contributed by atoms with E-state index >= 15 is 0 Å². The number of methoxy groups -OCH3 is 2. The van der Waals surface area contributed by atoms with E-state index in [4.69, 9.17) is 18.9 Å². The maximum absolute atomic E-state index is 6.51. The lowest BCUT2D eigenvalue weighted by Crippen LogP contribution is -2.49. The molecule has 34 heavy (non-hydrogen) atoms. The number of allylic oxidation sites excluding steroid dienone is 3. The summed E-state index contributed by atoms with van der Waals surface area (Å²) in [5.74, 6) is 0.833. The molecule has 1 aromatic rings. The van der Waals surface area contributed by atoms with Crippen molar-refractivity contribution < 1.29 is 18.9 Å². The molecule has 0 amide bonds. The summed E-state index contributed by atoms with van der Waals surface area (Å²) in [6.45, 7) is 7.75. The van der Waals surface area contributed by atoms with Gasteiger partial charge in [-0.15, -0.1) is 0 Å². The van der Waals surface area contributed by atoms with E-state index in [1.807, 2.05) is 18.2 Å². The molecule has 0 radical (unpaired) electrons. The lowest BCUT2D eigenvalue weighted by atomic mass is 9.91. The van der Waals surface area contributed by atoms with E-state index in [-0.39, 0.29) is 18.3 Å². The molecular formula is C29H43NO4. The quantitative estimate of drug-likeness (QED) is 0.372. The summed E-state index contributed by atoms with van der Waals surface area (Å²) < 4.78 is 23.7. The molecule has 5 nitrogen and oxygen atoms in total. The number of likely N-dealkylation sites (N-methyl/N-ethyl adjacent to an activating group) is 1. The minimum Gasteiger partial charge on any atom is -0.498 e. The number of rotatable bonds is 13. The Morgan fingerprint density at radius 1 is 1.09 bits per heavy atom. The molecule has 2 aliphatic rings. The zero-order valence-corrected chi connectivity index (χ0v) is 21.4. The van der Waals surface area contributed by atoms with Gasteiger partial charge >= 0.3 is 0 Å². The molecule has 1 aromatic carbocycles. The van der Waals surface area contributed by atoms with Gasteiger partial charge in [0, 0.05) is 19.7 Å². The average molecular weight is 470 g/mol. The first-order chi connectivity index (χ1) is 16.6. The van der Waals surface area contributed by atoms with Crippen LogP contribution in [0.15, 0.2) is 66.0 Å². The summed E-state index contributed by atoms with van der Waals surface area (Å²) in [4.78, 5) is 2.57. The number of nitrogens with zero attached hydrogens (tertiary/aromatic N) is 1. The van der Waals surface area contributed by atoms with Gasteiger partial charge < -0.3 is 18.9 Å². The van der Waals surface area contributed by atoms with Gasteiger partial charge in [-0.3, -0.25) is 4.90 Å². The van der Waals surface area contributed by atoms with Crippen molar-refractivity contribution in [3.8, 4) is 0 Å². The van der Waals surface area contributed by atoms with E-state index in [1.165, 1.54) is 30.4 Å². The average Bonchev–Trinajstić information content (AvgIpc) is 3.08. The van der Waals surface area contributed by atoms with Gasteiger partial charge in [-0.25, -0.2) is 0 Å². The Kier molecular flexibility index (Phi) is 11.4. The third kappa shape index (κ3) is 8.09. The number of benzene rings is 1. The van der Waals surface area contributed by atoms with Gasteiger partial charge in [0.15, 0.2) is 0 Å². The maximum atomic E-state index is 6.51. The van der Waals surface area contributed by atoms with Crippen LogP contribution in [0.5, 0.6) is 0 Å². The van der Waals surface area contributed by atoms with Crippen molar-refractivity contribution in [2.24, 2.45) is 0 Å². The molecule has 0 heterocycles. The van der Waals surface area contributed by atoms with Gasteiger partial charge in [-0.05, 0) is 56.0 Å². The molecule has 1 fully saturated rings. The van der Waals surface area contributed by atoms with Gasteiger partial charge in [-0.2, -0.15) is 0 Å². The number of hydrogen-bond donors (Lipinski definition) is 0. The highest BCUT2D eigenvalue weighted by Crippen LogP contribution is 2.27. The standard InChI is InChI=1S/C29H43NO4/c1-5-30(21-23(2)34-22-25-12-7-6-8-13-25)26-15-9-10-16-27(26)33-19-18-24-14-11-17-28(31-3)29(20-24)32-4/h6-8,11-14,17,20,23,26-28H,5,9-10,15-16,18-19,21-22H2,1-4H3/t23-,26?,27+,28?/m1/s1. The lowest BCUT2D eigenvalue weighted by Gasteiger charge is -2.40. The van der Waals surface area contributed by atoms with Crippen LogP contribution >= 0.6 is 0 Å². The first kappa shape index (κ1) is 26.7. The summed E-state index contributed by atoms with van der Waals surface area (Å²) in [6.07, 6.45) is 14.3. The van der Waals surface area contributed by atoms with E-state index in [0.717, 1.165) is 31.7 Å². The predicted octanol–water partition coefficient (Wildman–Crippen LogP) is 5.67. The Morgan fingerprint density at radius 2 is 1.88 bits per heavy atom. The summed E-state index contributed by atoms with van der Waals surface area (Å²) in [5, 5.41) is 0. The predicted molar refractivity (Wildman–Crippen MR) is 138 cm³/mol. The molecule has 0 bridgehead atoms. The summed E-state index contributed by atoms with van der Waals surface area (Å²) in [5.41, 5.74) is 2.43. The summed E-state index contributed by atoms with van der Waals surface area (Å²) in [6, 6.07) is 10.9. The SMILES string of the molecule is CCN(C[C@@H](C)OCc1ccccc1)C1CCCC[C@@H]1OCCC1=CC=CC(OC)C(OC)=C1. The van der Waals surface area contributed by atoms with Crippen LogP contribution in [0.25, 0.3) is 0 Å². The van der Waals surface area contributed by atoms with Crippen LogP contribution in [0.3, 0.4) is 0 Å². The molecule has 2 unspecified atom stereocenters. The normalized spacial score (nSPS) is 23.9. The zero-order valence-electron chi connectivity index (χ0n) is 21.4. The fourth-order valence-electron chi connectivity index (χ4n) is 4.93. The second kappa shape index (κ2) is 14.5. The molecule has 2 aliphatic carbocycles. The number of hydrogen-bond acceptors (Lipinski definition) is 5. The monoisotopic (exact) mass is 469 g/mol. The van der Waals surface area contributed by atoms with E-state index in [2.05, 4.69) is 55.2 Å². The van der Waals surface area contributed by atoms with Crippen molar-refractivity contribution in [1.82, 2.24) is 4.90 Å². The molecule has 0 saturated heterocycles. The lowest BCUT2D eigenvalue weighted by molar-refractivity contribution is -0.0524. The Labute approximate surface area is 206 Å². The van der Waals surface area contributed by atoms with E-state index < -0.39 is 0 Å². The van der Waals surface area contributed by atoms with Crippen LogP contribution in [0.2, 0.25) is 0 Å². The van der Waals surface area contributed by atoms with Crippen molar-refractivity contribution >= 4 is 0 Å². The topological polar surface area (TPSA) is 40.2 Å². The first-order valence-electron chi connectivity index (χ1n) is 12.8. The second-order valence-corrected chi connectivity index (χ2v) is 9.24. The van der Waals surface area contributed by atoms with Crippen molar-refractivity contribution in [2.75, 3.05) is 33.9 Å². The van der Waals surface area contributed by atoms with Crippen LogP contribution in [-0.2, 0) is 25.6 Å². The largest absolute Gasteiger partial charge is 0.498 e. The van der Waals surface area contributed by atoms with Crippen molar-refractivity contribution in [1.29, 1.82) is 0 Å².